The van der Waals surface area contributed by atoms with Gasteiger partial charge < -0.3 is 4.98 Å². The van der Waals surface area contributed by atoms with Crippen LogP contribution in [0.4, 0.5) is 0 Å². The van der Waals surface area contributed by atoms with Crippen molar-refractivity contribution in [2.75, 3.05) is 0 Å². The lowest BCUT2D eigenvalue weighted by atomic mass is 9.80. The number of imidazole rings is 1. The molecule has 0 aromatic carbocycles. The van der Waals surface area contributed by atoms with Crippen molar-refractivity contribution in [3.05, 3.63) is 21.9 Å². The Labute approximate surface area is 103 Å². The molecule has 3 nitrogen and oxygen atoms in total. The Balaban J connectivity index is 2.32. The van der Waals surface area contributed by atoms with Crippen molar-refractivity contribution in [3.8, 4) is 0 Å². The van der Waals surface area contributed by atoms with Gasteiger partial charge in [0.2, 0.25) is 0 Å². The molecule has 0 bridgehead atoms. The van der Waals surface area contributed by atoms with Gasteiger partial charge in [0.05, 0.1) is 0 Å². The maximum atomic E-state index is 11.7. The molecule has 3 heteroatoms. The first-order valence-corrected chi connectivity index (χ1v) is 6.78. The van der Waals surface area contributed by atoms with Crippen molar-refractivity contribution in [1.82, 2.24) is 9.55 Å². The highest BCUT2D eigenvalue weighted by Crippen LogP contribution is 2.33. The maximum Gasteiger partial charge on any atom is 0.325 e. The molecule has 0 amide bonds. The van der Waals surface area contributed by atoms with Crippen LogP contribution in [0, 0.1) is 11.8 Å². The van der Waals surface area contributed by atoms with Crippen molar-refractivity contribution in [3.63, 3.8) is 0 Å². The van der Waals surface area contributed by atoms with Gasteiger partial charge in [0.25, 0.3) is 0 Å². The van der Waals surface area contributed by atoms with Crippen molar-refractivity contribution in [2.45, 2.75) is 52.4 Å². The molecule has 0 radical (unpaired) electrons. The van der Waals surface area contributed by atoms with Gasteiger partial charge in [0.15, 0.2) is 0 Å². The first kappa shape index (κ1) is 12.5. The van der Waals surface area contributed by atoms with E-state index in [-0.39, 0.29) is 5.69 Å². The van der Waals surface area contributed by atoms with Gasteiger partial charge in [-0.05, 0) is 43.4 Å². The van der Waals surface area contributed by atoms with E-state index in [2.05, 4.69) is 25.8 Å². The number of fused-ring (bicyclic) bond motifs is 1. The summed E-state index contributed by atoms with van der Waals surface area (Å²) in [6, 6.07) is 0. The van der Waals surface area contributed by atoms with Crippen LogP contribution in [0.2, 0.25) is 0 Å². The van der Waals surface area contributed by atoms with Crippen molar-refractivity contribution >= 4 is 0 Å². The first-order valence-electron chi connectivity index (χ1n) is 6.78. The summed E-state index contributed by atoms with van der Waals surface area (Å²) in [5.74, 6) is 2.02. The van der Waals surface area contributed by atoms with Gasteiger partial charge >= 0.3 is 5.69 Å². The van der Waals surface area contributed by atoms with Crippen molar-refractivity contribution in [2.24, 2.45) is 18.9 Å². The SMILES string of the molecule is CC1CC(C(C)C)CCCc2c1[nH]c(=O)n2C. The van der Waals surface area contributed by atoms with Gasteiger partial charge in [-0.25, -0.2) is 4.79 Å². The predicted octanol–water partition coefficient (Wildman–Crippen LogP) is 2.82. The van der Waals surface area contributed by atoms with Crippen LogP contribution in [0.15, 0.2) is 4.79 Å². The quantitative estimate of drug-likeness (QED) is 0.800. The molecule has 2 atom stereocenters. The lowest BCUT2D eigenvalue weighted by molar-refractivity contribution is 0.302. The fourth-order valence-corrected chi connectivity index (χ4v) is 3.11. The largest absolute Gasteiger partial charge is 0.325 e. The van der Waals surface area contributed by atoms with Gasteiger partial charge in [0.1, 0.15) is 0 Å². The Morgan fingerprint density at radius 2 is 2.12 bits per heavy atom. The van der Waals surface area contributed by atoms with E-state index in [4.69, 9.17) is 0 Å². The van der Waals surface area contributed by atoms with E-state index in [1.807, 2.05) is 7.05 Å². The standard InChI is InChI=1S/C14H24N2O/c1-9(2)11-6-5-7-12-13(10(3)8-11)15-14(17)16(12)4/h9-11H,5-8H2,1-4H3,(H,15,17). The number of nitrogens with zero attached hydrogens (tertiary/aromatic N) is 1. The Hall–Kier alpha value is -0.990. The summed E-state index contributed by atoms with van der Waals surface area (Å²) in [7, 11) is 1.88. The summed E-state index contributed by atoms with van der Waals surface area (Å²) in [5.41, 5.74) is 2.46. The molecule has 1 aromatic heterocycles. The summed E-state index contributed by atoms with van der Waals surface area (Å²) in [6.07, 6.45) is 4.73. The molecule has 1 heterocycles. The van der Waals surface area contributed by atoms with Crippen LogP contribution in [-0.2, 0) is 13.5 Å². The van der Waals surface area contributed by atoms with E-state index >= 15 is 0 Å². The topological polar surface area (TPSA) is 37.8 Å². The average molecular weight is 236 g/mol. The predicted molar refractivity (Wildman–Crippen MR) is 70.3 cm³/mol. The van der Waals surface area contributed by atoms with Crippen LogP contribution in [-0.4, -0.2) is 9.55 Å². The zero-order valence-corrected chi connectivity index (χ0v) is 11.4. The number of rotatable bonds is 1. The smallest absolute Gasteiger partial charge is 0.309 e. The van der Waals surface area contributed by atoms with Crippen LogP contribution >= 0.6 is 0 Å². The summed E-state index contributed by atoms with van der Waals surface area (Å²) in [5, 5.41) is 0. The van der Waals surface area contributed by atoms with E-state index in [1.54, 1.807) is 4.57 Å². The van der Waals surface area contributed by atoms with E-state index in [9.17, 15) is 4.79 Å². The second-order valence-corrected chi connectivity index (χ2v) is 5.88. The van der Waals surface area contributed by atoms with Crippen molar-refractivity contribution in [1.29, 1.82) is 0 Å². The number of H-pyrrole nitrogens is 1. The molecule has 2 unspecified atom stereocenters. The summed E-state index contributed by atoms with van der Waals surface area (Å²) in [4.78, 5) is 14.7. The Morgan fingerprint density at radius 1 is 1.41 bits per heavy atom. The molecule has 0 spiro atoms. The van der Waals surface area contributed by atoms with Crippen LogP contribution in [0.5, 0.6) is 0 Å². The number of hydrogen-bond acceptors (Lipinski definition) is 1. The number of nitrogens with one attached hydrogen (secondary N) is 1. The second kappa shape index (κ2) is 4.71. The molecule has 0 fully saturated rings. The lowest BCUT2D eigenvalue weighted by Crippen LogP contribution is -2.17. The van der Waals surface area contributed by atoms with Gasteiger partial charge in [-0.15, -0.1) is 0 Å². The molecule has 1 N–H and O–H groups in total. The van der Waals surface area contributed by atoms with E-state index in [0.717, 1.165) is 18.3 Å². The van der Waals surface area contributed by atoms with Gasteiger partial charge in [0, 0.05) is 18.4 Å². The van der Waals surface area contributed by atoms with Gasteiger partial charge in [-0.1, -0.05) is 20.8 Å². The minimum atomic E-state index is 0.0462. The van der Waals surface area contributed by atoms with Gasteiger partial charge in [-0.2, -0.15) is 0 Å². The third-order valence-corrected chi connectivity index (χ3v) is 4.34. The monoisotopic (exact) mass is 236 g/mol. The number of aromatic amines is 1. The molecule has 17 heavy (non-hydrogen) atoms. The van der Waals surface area contributed by atoms with Gasteiger partial charge in [-0.3, -0.25) is 4.57 Å². The molecule has 0 saturated heterocycles. The molecule has 2 rings (SSSR count). The minimum absolute atomic E-state index is 0.0462. The molecule has 1 aliphatic rings. The zero-order chi connectivity index (χ0) is 12.6. The summed E-state index contributed by atoms with van der Waals surface area (Å²) in [6.45, 7) is 6.87. The van der Waals surface area contributed by atoms with Crippen molar-refractivity contribution < 1.29 is 0 Å². The highest BCUT2D eigenvalue weighted by molar-refractivity contribution is 5.18. The lowest BCUT2D eigenvalue weighted by Gasteiger charge is -2.27. The van der Waals surface area contributed by atoms with Crippen LogP contribution in [0.1, 0.15) is 57.3 Å². The Kier molecular flexibility index (Phi) is 3.45. The number of aromatic nitrogens is 2. The van der Waals surface area contributed by atoms with E-state index in [1.165, 1.54) is 30.7 Å². The highest BCUT2D eigenvalue weighted by Gasteiger charge is 2.24. The van der Waals surface area contributed by atoms with E-state index < -0.39 is 0 Å². The second-order valence-electron chi connectivity index (χ2n) is 5.88. The summed E-state index contributed by atoms with van der Waals surface area (Å²) >= 11 is 0. The molecular formula is C14H24N2O. The average Bonchev–Trinajstić information content (AvgIpc) is 2.52. The molecule has 1 aromatic rings. The Morgan fingerprint density at radius 3 is 2.76 bits per heavy atom. The molecule has 0 saturated carbocycles. The Bertz CT molecular complexity index is 442. The number of hydrogen-bond donors (Lipinski definition) is 1. The third-order valence-electron chi connectivity index (χ3n) is 4.34. The fraction of sp³-hybridized carbons (Fsp3) is 0.786. The van der Waals surface area contributed by atoms with E-state index in [0.29, 0.717) is 5.92 Å². The van der Waals surface area contributed by atoms with Crippen LogP contribution in [0.3, 0.4) is 0 Å². The summed E-state index contributed by atoms with van der Waals surface area (Å²) < 4.78 is 1.79. The first-order chi connectivity index (χ1) is 8.00. The highest BCUT2D eigenvalue weighted by atomic mass is 16.1. The molecular weight excluding hydrogens is 212 g/mol. The van der Waals surface area contributed by atoms with Crippen LogP contribution < -0.4 is 5.69 Å². The van der Waals surface area contributed by atoms with Crippen LogP contribution in [0.25, 0.3) is 0 Å². The fourth-order valence-electron chi connectivity index (χ4n) is 3.11. The molecule has 96 valence electrons. The molecule has 0 aliphatic heterocycles. The minimum Gasteiger partial charge on any atom is -0.309 e. The maximum absolute atomic E-state index is 11.7. The normalized spacial score (nSPS) is 25.5. The zero-order valence-electron chi connectivity index (χ0n) is 11.4. The molecule has 1 aliphatic carbocycles. The third kappa shape index (κ3) is 2.33.